The van der Waals surface area contributed by atoms with Crippen LogP contribution in [0.15, 0.2) is 36.5 Å². The van der Waals surface area contributed by atoms with Gasteiger partial charge in [-0.05, 0) is 13.8 Å². The molecule has 0 spiro atoms. The highest BCUT2D eigenvalue weighted by Gasteiger charge is 2.16. The highest BCUT2D eigenvalue weighted by atomic mass is 32.1. The smallest absolute Gasteiger partial charge is 0.261 e. The Morgan fingerprint density at radius 3 is 2.67 bits per heavy atom. The van der Waals surface area contributed by atoms with Crippen molar-refractivity contribution in [2.45, 2.75) is 13.8 Å². The normalized spacial score (nSPS) is 10.6. The Kier molecular flexibility index (Phi) is 3.53. The Hall–Kier alpha value is -2.47. The second-order valence-electron chi connectivity index (χ2n) is 4.64. The number of hydrogen-bond acceptors (Lipinski definition) is 4. The second-order valence-corrected chi connectivity index (χ2v) is 5.84. The maximum atomic E-state index is 12.4. The number of nitrogens with one attached hydrogen (secondary N) is 2. The number of aromatic nitrogens is 3. The first-order chi connectivity index (χ1) is 10.1. The third-order valence-electron chi connectivity index (χ3n) is 3.20. The minimum atomic E-state index is -0.212. The van der Waals surface area contributed by atoms with E-state index in [-0.39, 0.29) is 5.91 Å². The zero-order chi connectivity index (χ0) is 14.8. The molecule has 0 saturated carbocycles. The van der Waals surface area contributed by atoms with E-state index >= 15 is 0 Å². The zero-order valence-electron chi connectivity index (χ0n) is 11.7. The van der Waals surface area contributed by atoms with E-state index in [9.17, 15) is 4.79 Å². The molecule has 1 aromatic carbocycles. The molecular formula is C15H14N4OS. The molecule has 5 nitrogen and oxygen atoms in total. The summed E-state index contributed by atoms with van der Waals surface area (Å²) in [5.74, 6) is -0.212. The fourth-order valence-electron chi connectivity index (χ4n) is 1.97. The molecule has 0 saturated heterocycles. The molecule has 21 heavy (non-hydrogen) atoms. The highest BCUT2D eigenvalue weighted by Crippen LogP contribution is 2.24. The molecule has 0 aliphatic heterocycles. The van der Waals surface area contributed by atoms with E-state index in [0.717, 1.165) is 16.1 Å². The van der Waals surface area contributed by atoms with E-state index in [1.165, 1.54) is 17.5 Å². The highest BCUT2D eigenvalue weighted by molar-refractivity contribution is 7.15. The van der Waals surface area contributed by atoms with Gasteiger partial charge < -0.3 is 0 Å². The predicted molar refractivity (Wildman–Crippen MR) is 83.6 cm³/mol. The van der Waals surface area contributed by atoms with Crippen LogP contribution >= 0.6 is 11.3 Å². The van der Waals surface area contributed by atoms with Gasteiger partial charge in [-0.3, -0.25) is 15.2 Å². The second kappa shape index (κ2) is 5.49. The van der Waals surface area contributed by atoms with Crippen molar-refractivity contribution in [3.8, 4) is 11.3 Å². The lowest BCUT2D eigenvalue weighted by molar-refractivity contribution is 0.102. The Morgan fingerprint density at radius 2 is 2.00 bits per heavy atom. The lowest BCUT2D eigenvalue weighted by Crippen LogP contribution is -2.12. The van der Waals surface area contributed by atoms with Crippen molar-refractivity contribution in [1.82, 2.24) is 15.2 Å². The molecule has 0 fully saturated rings. The van der Waals surface area contributed by atoms with Gasteiger partial charge in [0.1, 0.15) is 0 Å². The molecule has 1 amide bonds. The molecular weight excluding hydrogens is 284 g/mol. The summed E-state index contributed by atoms with van der Waals surface area (Å²) in [4.78, 5) is 17.8. The summed E-state index contributed by atoms with van der Waals surface area (Å²) in [5.41, 5.74) is 3.07. The number of carbonyl (C=O) groups is 1. The van der Waals surface area contributed by atoms with Crippen LogP contribution < -0.4 is 5.32 Å². The van der Waals surface area contributed by atoms with Crippen molar-refractivity contribution in [3.63, 3.8) is 0 Å². The first kappa shape index (κ1) is 13.5. The molecule has 2 aromatic heterocycles. The molecule has 0 atom stereocenters. The van der Waals surface area contributed by atoms with Gasteiger partial charge in [-0.25, -0.2) is 4.98 Å². The van der Waals surface area contributed by atoms with Gasteiger partial charge in [-0.2, -0.15) is 5.10 Å². The molecule has 6 heteroatoms. The van der Waals surface area contributed by atoms with Gasteiger partial charge in [0.15, 0.2) is 5.13 Å². The van der Waals surface area contributed by atoms with Crippen LogP contribution in [-0.2, 0) is 0 Å². The monoisotopic (exact) mass is 298 g/mol. The van der Waals surface area contributed by atoms with Crippen LogP contribution in [0, 0.1) is 13.8 Å². The summed E-state index contributed by atoms with van der Waals surface area (Å²) < 4.78 is 0. The van der Waals surface area contributed by atoms with Crippen molar-refractivity contribution in [1.29, 1.82) is 0 Å². The van der Waals surface area contributed by atoms with Crippen LogP contribution in [0.3, 0.4) is 0 Å². The molecule has 2 heterocycles. The first-order valence-corrected chi connectivity index (χ1v) is 7.31. The number of anilines is 1. The first-order valence-electron chi connectivity index (χ1n) is 6.49. The molecule has 0 aliphatic carbocycles. The lowest BCUT2D eigenvalue weighted by Gasteiger charge is -2.03. The fraction of sp³-hybridized carbons (Fsp3) is 0.133. The topological polar surface area (TPSA) is 70.7 Å². The Bertz CT molecular complexity index is 757. The average Bonchev–Trinajstić information content (AvgIpc) is 3.07. The van der Waals surface area contributed by atoms with Crippen LogP contribution in [0.5, 0.6) is 0 Å². The predicted octanol–water partition coefficient (Wildman–Crippen LogP) is 3.40. The molecule has 3 rings (SSSR count). The van der Waals surface area contributed by atoms with Gasteiger partial charge in [0.2, 0.25) is 0 Å². The Balaban J connectivity index is 1.88. The van der Waals surface area contributed by atoms with E-state index in [4.69, 9.17) is 0 Å². The van der Waals surface area contributed by atoms with Gasteiger partial charge in [-0.15, -0.1) is 11.3 Å². The van der Waals surface area contributed by atoms with E-state index in [1.807, 2.05) is 44.2 Å². The summed E-state index contributed by atoms with van der Waals surface area (Å²) in [6.45, 7) is 3.91. The number of hydrogen-bond donors (Lipinski definition) is 2. The SMILES string of the molecule is Cc1nc(NC(=O)c2cn[nH]c2-c2ccccc2)sc1C. The van der Waals surface area contributed by atoms with Crippen molar-refractivity contribution >= 4 is 22.4 Å². The quantitative estimate of drug-likeness (QED) is 0.778. The molecule has 106 valence electrons. The van der Waals surface area contributed by atoms with Gasteiger partial charge >= 0.3 is 0 Å². The van der Waals surface area contributed by atoms with Crippen LogP contribution in [-0.4, -0.2) is 21.1 Å². The number of carbonyl (C=O) groups excluding carboxylic acids is 1. The number of nitrogens with zero attached hydrogens (tertiary/aromatic N) is 2. The maximum absolute atomic E-state index is 12.4. The number of thiazole rings is 1. The van der Waals surface area contributed by atoms with Gasteiger partial charge in [0, 0.05) is 10.4 Å². The fourth-order valence-corrected chi connectivity index (χ4v) is 2.78. The van der Waals surface area contributed by atoms with Crippen LogP contribution in [0.25, 0.3) is 11.3 Å². The molecule has 0 aliphatic rings. The van der Waals surface area contributed by atoms with Crippen LogP contribution in [0.1, 0.15) is 20.9 Å². The summed E-state index contributed by atoms with van der Waals surface area (Å²) >= 11 is 1.47. The van der Waals surface area contributed by atoms with Crippen LogP contribution in [0.2, 0.25) is 0 Å². The van der Waals surface area contributed by atoms with Crippen molar-refractivity contribution in [2.24, 2.45) is 0 Å². The molecule has 3 aromatic rings. The zero-order valence-corrected chi connectivity index (χ0v) is 12.5. The number of benzene rings is 1. The molecule has 0 unspecified atom stereocenters. The van der Waals surface area contributed by atoms with Crippen molar-refractivity contribution in [2.75, 3.05) is 5.32 Å². The summed E-state index contributed by atoms with van der Waals surface area (Å²) in [6, 6.07) is 9.64. The third kappa shape index (κ3) is 2.71. The van der Waals surface area contributed by atoms with E-state index in [1.54, 1.807) is 0 Å². The van der Waals surface area contributed by atoms with Gasteiger partial charge in [0.05, 0.1) is 23.1 Å². The summed E-state index contributed by atoms with van der Waals surface area (Å²) in [7, 11) is 0. The number of H-pyrrole nitrogens is 1. The molecule has 0 bridgehead atoms. The summed E-state index contributed by atoms with van der Waals surface area (Å²) in [6.07, 6.45) is 1.53. The largest absolute Gasteiger partial charge is 0.298 e. The lowest BCUT2D eigenvalue weighted by atomic mass is 10.1. The molecule has 0 radical (unpaired) electrons. The van der Waals surface area contributed by atoms with Gasteiger partial charge in [0.25, 0.3) is 5.91 Å². The van der Waals surface area contributed by atoms with E-state index in [2.05, 4.69) is 20.5 Å². The maximum Gasteiger partial charge on any atom is 0.261 e. The Labute approximate surface area is 126 Å². The number of aryl methyl sites for hydroxylation is 2. The van der Waals surface area contributed by atoms with E-state index in [0.29, 0.717) is 16.4 Å². The Morgan fingerprint density at radius 1 is 1.24 bits per heavy atom. The number of aromatic amines is 1. The van der Waals surface area contributed by atoms with Crippen molar-refractivity contribution in [3.05, 3.63) is 52.7 Å². The molecule has 2 N–H and O–H groups in total. The van der Waals surface area contributed by atoms with Crippen LogP contribution in [0.4, 0.5) is 5.13 Å². The standard InChI is InChI=1S/C15H14N4OS/c1-9-10(2)21-15(17-9)18-14(20)12-8-16-19-13(12)11-6-4-3-5-7-11/h3-8H,1-2H3,(H,16,19)(H,17,18,20). The third-order valence-corrected chi connectivity index (χ3v) is 4.18. The average molecular weight is 298 g/mol. The number of rotatable bonds is 3. The minimum absolute atomic E-state index is 0.212. The van der Waals surface area contributed by atoms with Crippen molar-refractivity contribution < 1.29 is 4.79 Å². The minimum Gasteiger partial charge on any atom is -0.298 e. The van der Waals surface area contributed by atoms with E-state index < -0.39 is 0 Å². The van der Waals surface area contributed by atoms with Gasteiger partial charge in [-0.1, -0.05) is 30.3 Å². The summed E-state index contributed by atoms with van der Waals surface area (Å²) in [5, 5.41) is 10.3. The number of amides is 1.